The minimum absolute atomic E-state index is 0.613. The molecule has 0 saturated carbocycles. The van der Waals surface area contributed by atoms with Crippen LogP contribution in [0.25, 0.3) is 16.9 Å². The molecule has 0 radical (unpaired) electrons. The van der Waals surface area contributed by atoms with Gasteiger partial charge in [-0.1, -0.05) is 12.1 Å². The summed E-state index contributed by atoms with van der Waals surface area (Å²) in [5.74, 6) is 1.52. The van der Waals surface area contributed by atoms with Crippen LogP contribution in [0.15, 0.2) is 48.8 Å². The van der Waals surface area contributed by atoms with E-state index in [0.717, 1.165) is 28.9 Å². The van der Waals surface area contributed by atoms with Crippen molar-refractivity contribution in [3.8, 4) is 17.1 Å². The topological polar surface area (TPSA) is 43.6 Å². The van der Waals surface area contributed by atoms with Crippen LogP contribution in [0.1, 0.15) is 10.4 Å². The smallest absolute Gasteiger partial charge is 0.151 e. The third kappa shape index (κ3) is 1.87. The number of aldehydes is 1. The zero-order chi connectivity index (χ0) is 13.2. The SMILES string of the molecule is COc1ccccc1-c1ncc2ccc(C=O)cn12. The molecule has 19 heavy (non-hydrogen) atoms. The van der Waals surface area contributed by atoms with Gasteiger partial charge in [-0.2, -0.15) is 0 Å². The first-order chi connectivity index (χ1) is 9.33. The number of aromatic nitrogens is 2. The summed E-state index contributed by atoms with van der Waals surface area (Å²) < 4.78 is 7.24. The largest absolute Gasteiger partial charge is 0.496 e. The number of carbonyl (C=O) groups is 1. The molecule has 3 rings (SSSR count). The number of hydrogen-bond acceptors (Lipinski definition) is 3. The molecule has 0 spiro atoms. The van der Waals surface area contributed by atoms with Crippen molar-refractivity contribution in [1.82, 2.24) is 9.38 Å². The first-order valence-corrected chi connectivity index (χ1v) is 5.89. The van der Waals surface area contributed by atoms with Crippen LogP contribution in [0.2, 0.25) is 0 Å². The average molecular weight is 252 g/mol. The molecule has 0 bridgehead atoms. The summed E-state index contributed by atoms with van der Waals surface area (Å²) in [5.41, 5.74) is 2.45. The monoisotopic (exact) mass is 252 g/mol. The fourth-order valence-corrected chi connectivity index (χ4v) is 2.11. The van der Waals surface area contributed by atoms with E-state index in [-0.39, 0.29) is 0 Å². The quantitative estimate of drug-likeness (QED) is 0.673. The molecule has 0 atom stereocenters. The summed E-state index contributed by atoms with van der Waals surface area (Å²) in [4.78, 5) is 15.3. The molecule has 0 aliphatic rings. The maximum Gasteiger partial charge on any atom is 0.151 e. The molecule has 0 saturated heterocycles. The van der Waals surface area contributed by atoms with Gasteiger partial charge in [-0.3, -0.25) is 9.20 Å². The summed E-state index contributed by atoms with van der Waals surface area (Å²) in [6.45, 7) is 0. The van der Waals surface area contributed by atoms with Crippen molar-refractivity contribution in [3.05, 3.63) is 54.4 Å². The Morgan fingerprint density at radius 1 is 1.21 bits per heavy atom. The molecule has 2 aromatic heterocycles. The maximum atomic E-state index is 10.9. The van der Waals surface area contributed by atoms with E-state index < -0.39 is 0 Å². The zero-order valence-electron chi connectivity index (χ0n) is 10.4. The molecule has 0 aliphatic heterocycles. The van der Waals surface area contributed by atoms with Gasteiger partial charge in [0.1, 0.15) is 11.6 Å². The second-order valence-electron chi connectivity index (χ2n) is 4.16. The van der Waals surface area contributed by atoms with Crippen LogP contribution in [0.4, 0.5) is 0 Å². The molecule has 0 fully saturated rings. The number of benzene rings is 1. The van der Waals surface area contributed by atoms with Gasteiger partial charge in [0.15, 0.2) is 6.29 Å². The minimum Gasteiger partial charge on any atom is -0.496 e. The van der Waals surface area contributed by atoms with Crippen LogP contribution in [0, 0.1) is 0 Å². The Morgan fingerprint density at radius 3 is 2.84 bits per heavy atom. The van der Waals surface area contributed by atoms with Crippen LogP contribution >= 0.6 is 0 Å². The highest BCUT2D eigenvalue weighted by Crippen LogP contribution is 2.29. The molecule has 1 aromatic carbocycles. The van der Waals surface area contributed by atoms with E-state index in [4.69, 9.17) is 4.74 Å². The van der Waals surface area contributed by atoms with Crippen LogP contribution in [0.3, 0.4) is 0 Å². The number of fused-ring (bicyclic) bond motifs is 1. The first-order valence-electron chi connectivity index (χ1n) is 5.89. The van der Waals surface area contributed by atoms with Gasteiger partial charge in [-0.25, -0.2) is 4.98 Å². The van der Waals surface area contributed by atoms with E-state index in [2.05, 4.69) is 4.98 Å². The molecule has 4 nitrogen and oxygen atoms in total. The standard InChI is InChI=1S/C15H12N2O2/c1-19-14-5-3-2-4-13(14)15-16-8-12-7-6-11(10-18)9-17(12)15/h2-10H,1H3. The van der Waals surface area contributed by atoms with Crippen molar-refractivity contribution < 1.29 is 9.53 Å². The normalized spacial score (nSPS) is 10.6. The minimum atomic E-state index is 0.613. The van der Waals surface area contributed by atoms with Gasteiger partial charge in [-0.15, -0.1) is 0 Å². The molecule has 0 unspecified atom stereocenters. The molecule has 94 valence electrons. The lowest BCUT2D eigenvalue weighted by Crippen LogP contribution is -1.94. The molecular weight excluding hydrogens is 240 g/mol. The third-order valence-corrected chi connectivity index (χ3v) is 3.03. The maximum absolute atomic E-state index is 10.9. The van der Waals surface area contributed by atoms with Gasteiger partial charge >= 0.3 is 0 Å². The lowest BCUT2D eigenvalue weighted by Gasteiger charge is -2.07. The van der Waals surface area contributed by atoms with Crippen molar-refractivity contribution in [1.29, 1.82) is 0 Å². The van der Waals surface area contributed by atoms with E-state index >= 15 is 0 Å². The Bertz CT molecular complexity index is 747. The van der Waals surface area contributed by atoms with E-state index in [1.54, 1.807) is 25.6 Å². The number of nitrogens with zero attached hydrogens (tertiary/aromatic N) is 2. The highest BCUT2D eigenvalue weighted by Gasteiger charge is 2.11. The van der Waals surface area contributed by atoms with Crippen LogP contribution in [-0.2, 0) is 0 Å². The van der Waals surface area contributed by atoms with Crippen molar-refractivity contribution in [2.24, 2.45) is 0 Å². The van der Waals surface area contributed by atoms with Crippen molar-refractivity contribution in [2.75, 3.05) is 7.11 Å². The number of ether oxygens (including phenoxy) is 1. The van der Waals surface area contributed by atoms with Crippen LogP contribution < -0.4 is 4.74 Å². The van der Waals surface area contributed by atoms with Crippen LogP contribution in [-0.4, -0.2) is 22.8 Å². The number of pyridine rings is 1. The molecule has 0 aliphatic carbocycles. The van der Waals surface area contributed by atoms with Crippen LogP contribution in [0.5, 0.6) is 5.75 Å². The van der Waals surface area contributed by atoms with Gasteiger partial charge in [0.25, 0.3) is 0 Å². The van der Waals surface area contributed by atoms with Gasteiger partial charge in [-0.05, 0) is 24.3 Å². The number of para-hydroxylation sites is 1. The second-order valence-corrected chi connectivity index (χ2v) is 4.16. The van der Waals surface area contributed by atoms with Gasteiger partial charge in [0.05, 0.1) is 24.4 Å². The van der Waals surface area contributed by atoms with E-state index in [1.165, 1.54) is 0 Å². The predicted molar refractivity (Wildman–Crippen MR) is 72.6 cm³/mol. The summed E-state index contributed by atoms with van der Waals surface area (Å²) in [5, 5.41) is 0. The molecule has 0 N–H and O–H groups in total. The number of methoxy groups -OCH3 is 1. The Balaban J connectivity index is 2.27. The molecule has 3 aromatic rings. The molecule has 4 heteroatoms. The highest BCUT2D eigenvalue weighted by atomic mass is 16.5. The fraction of sp³-hybridized carbons (Fsp3) is 0.0667. The summed E-state index contributed by atoms with van der Waals surface area (Å²) in [6, 6.07) is 11.3. The Hall–Kier alpha value is -2.62. The van der Waals surface area contributed by atoms with Gasteiger partial charge in [0, 0.05) is 11.8 Å². The first kappa shape index (κ1) is 11.5. The van der Waals surface area contributed by atoms with Gasteiger partial charge < -0.3 is 4.74 Å². The Labute approximate surface area is 110 Å². The average Bonchev–Trinajstić information content (AvgIpc) is 2.89. The molecule has 2 heterocycles. The number of hydrogen-bond donors (Lipinski definition) is 0. The van der Waals surface area contributed by atoms with E-state index in [0.29, 0.717) is 5.56 Å². The fourth-order valence-electron chi connectivity index (χ4n) is 2.11. The van der Waals surface area contributed by atoms with E-state index in [9.17, 15) is 4.79 Å². The lowest BCUT2D eigenvalue weighted by molar-refractivity contribution is 0.112. The second kappa shape index (κ2) is 4.57. The Morgan fingerprint density at radius 2 is 2.05 bits per heavy atom. The van der Waals surface area contributed by atoms with E-state index in [1.807, 2.05) is 34.7 Å². The van der Waals surface area contributed by atoms with Crippen molar-refractivity contribution >= 4 is 11.8 Å². The number of imidazole rings is 1. The Kier molecular flexibility index (Phi) is 2.76. The summed E-state index contributed by atoms with van der Waals surface area (Å²) in [6.07, 6.45) is 4.37. The van der Waals surface area contributed by atoms with Gasteiger partial charge in [0.2, 0.25) is 0 Å². The zero-order valence-corrected chi connectivity index (χ0v) is 10.4. The third-order valence-electron chi connectivity index (χ3n) is 3.03. The van der Waals surface area contributed by atoms with Crippen molar-refractivity contribution in [3.63, 3.8) is 0 Å². The summed E-state index contributed by atoms with van der Waals surface area (Å²) in [7, 11) is 1.63. The number of carbonyl (C=O) groups excluding carboxylic acids is 1. The van der Waals surface area contributed by atoms with Crippen molar-refractivity contribution in [2.45, 2.75) is 0 Å². The molecular formula is C15H12N2O2. The summed E-state index contributed by atoms with van der Waals surface area (Å²) >= 11 is 0. The highest BCUT2D eigenvalue weighted by molar-refractivity contribution is 5.76. The predicted octanol–water partition coefficient (Wildman–Crippen LogP) is 2.82. The number of rotatable bonds is 3. The molecule has 0 amide bonds. The lowest BCUT2D eigenvalue weighted by atomic mass is 10.2.